The van der Waals surface area contributed by atoms with E-state index in [0.29, 0.717) is 0 Å². The standard InChI is InChI=1S/C11H10N2O6S/c14-10(15)6-4-13(5-6)20(17,18)7-1-2-9-8(3-7)12-11(16)19-9/h1-3,6H,4-5H2,(H,12,16)(H,14,15). The number of H-pyrrole nitrogens is 1. The smallest absolute Gasteiger partial charge is 0.417 e. The molecule has 0 spiro atoms. The predicted octanol–water partition coefficient (Wildman–Crippen LogP) is -0.174. The van der Waals surface area contributed by atoms with Crippen molar-refractivity contribution >= 4 is 27.1 Å². The normalized spacial score (nSPS) is 17.2. The molecule has 1 fully saturated rings. The zero-order chi connectivity index (χ0) is 14.5. The van der Waals surface area contributed by atoms with Gasteiger partial charge in [0.25, 0.3) is 0 Å². The molecule has 0 atom stereocenters. The zero-order valence-electron chi connectivity index (χ0n) is 10.1. The van der Waals surface area contributed by atoms with E-state index in [1.165, 1.54) is 18.2 Å². The molecule has 20 heavy (non-hydrogen) atoms. The molecule has 0 saturated carbocycles. The highest BCUT2D eigenvalue weighted by molar-refractivity contribution is 7.89. The number of nitrogens with one attached hydrogen (secondary N) is 1. The number of aliphatic carboxylic acids is 1. The van der Waals surface area contributed by atoms with Gasteiger partial charge < -0.3 is 9.52 Å². The largest absolute Gasteiger partial charge is 0.481 e. The van der Waals surface area contributed by atoms with Crippen molar-refractivity contribution in [2.24, 2.45) is 5.92 Å². The summed E-state index contributed by atoms with van der Waals surface area (Å²) in [6.07, 6.45) is 0. The molecular formula is C11H10N2O6S. The minimum Gasteiger partial charge on any atom is -0.481 e. The minimum absolute atomic E-state index is 0.00844. The number of nitrogens with zero attached hydrogens (tertiary/aromatic N) is 1. The van der Waals surface area contributed by atoms with E-state index in [1.807, 2.05) is 0 Å². The number of hydrogen-bond acceptors (Lipinski definition) is 5. The third-order valence-electron chi connectivity index (χ3n) is 3.23. The van der Waals surface area contributed by atoms with Gasteiger partial charge in [-0.25, -0.2) is 13.2 Å². The first-order chi connectivity index (χ1) is 9.38. The molecule has 0 bridgehead atoms. The van der Waals surface area contributed by atoms with E-state index in [0.717, 1.165) is 4.31 Å². The van der Waals surface area contributed by atoms with E-state index in [1.54, 1.807) is 0 Å². The number of sulfonamides is 1. The van der Waals surface area contributed by atoms with Crippen LogP contribution in [-0.2, 0) is 14.8 Å². The van der Waals surface area contributed by atoms with Crippen molar-refractivity contribution in [3.05, 3.63) is 28.7 Å². The quantitative estimate of drug-likeness (QED) is 0.811. The Morgan fingerprint density at radius 2 is 2.10 bits per heavy atom. The lowest BCUT2D eigenvalue weighted by Gasteiger charge is -2.35. The van der Waals surface area contributed by atoms with Crippen LogP contribution in [0.1, 0.15) is 0 Å². The highest BCUT2D eigenvalue weighted by atomic mass is 32.2. The summed E-state index contributed by atoms with van der Waals surface area (Å²) in [7, 11) is -3.74. The third-order valence-corrected chi connectivity index (χ3v) is 5.05. The van der Waals surface area contributed by atoms with E-state index >= 15 is 0 Å². The van der Waals surface area contributed by atoms with Gasteiger partial charge in [0.1, 0.15) is 0 Å². The highest BCUT2D eigenvalue weighted by Gasteiger charge is 2.40. The molecule has 3 rings (SSSR count). The van der Waals surface area contributed by atoms with Crippen LogP contribution in [-0.4, -0.2) is 41.9 Å². The Labute approximate surface area is 112 Å². The maximum Gasteiger partial charge on any atom is 0.417 e. The fraction of sp³-hybridized carbons (Fsp3) is 0.273. The Balaban J connectivity index is 1.94. The molecule has 8 nitrogen and oxygen atoms in total. The van der Waals surface area contributed by atoms with Crippen LogP contribution in [0.25, 0.3) is 11.1 Å². The summed E-state index contributed by atoms with van der Waals surface area (Å²) in [6.45, 7) is -0.0881. The van der Waals surface area contributed by atoms with E-state index < -0.39 is 27.7 Å². The molecule has 1 aromatic carbocycles. The second-order valence-corrected chi connectivity index (χ2v) is 6.47. The van der Waals surface area contributed by atoms with Crippen LogP contribution >= 0.6 is 0 Å². The fourth-order valence-corrected chi connectivity index (χ4v) is 3.59. The molecule has 106 valence electrons. The number of aromatic nitrogens is 1. The highest BCUT2D eigenvalue weighted by Crippen LogP contribution is 2.26. The average molecular weight is 298 g/mol. The van der Waals surface area contributed by atoms with Crippen molar-refractivity contribution in [3.63, 3.8) is 0 Å². The third kappa shape index (κ3) is 1.91. The molecule has 0 aliphatic carbocycles. The second kappa shape index (κ2) is 4.18. The van der Waals surface area contributed by atoms with E-state index in [-0.39, 0.29) is 29.1 Å². The molecule has 0 amide bonds. The summed E-state index contributed by atoms with van der Waals surface area (Å²) >= 11 is 0. The fourth-order valence-electron chi connectivity index (χ4n) is 2.03. The van der Waals surface area contributed by atoms with Gasteiger partial charge in [-0.3, -0.25) is 9.78 Å². The lowest BCUT2D eigenvalue weighted by Crippen LogP contribution is -2.52. The SMILES string of the molecule is O=C(O)C1CN(S(=O)(=O)c2ccc3oc(=O)[nH]c3c2)C1. The van der Waals surface area contributed by atoms with Crippen LogP contribution in [0.3, 0.4) is 0 Å². The van der Waals surface area contributed by atoms with Gasteiger partial charge >= 0.3 is 11.7 Å². The van der Waals surface area contributed by atoms with Crippen molar-refractivity contribution in [2.75, 3.05) is 13.1 Å². The number of benzene rings is 1. The number of carboxylic acid groups (broad SMARTS) is 1. The Bertz CT molecular complexity index is 843. The van der Waals surface area contributed by atoms with Gasteiger partial charge in [-0.15, -0.1) is 0 Å². The summed E-state index contributed by atoms with van der Waals surface area (Å²) in [6, 6.07) is 4.00. The molecule has 0 unspecified atom stereocenters. The van der Waals surface area contributed by atoms with Gasteiger partial charge in [0.2, 0.25) is 10.0 Å². The average Bonchev–Trinajstić information content (AvgIpc) is 2.64. The van der Waals surface area contributed by atoms with Crippen molar-refractivity contribution < 1.29 is 22.7 Å². The number of fused-ring (bicyclic) bond motifs is 1. The van der Waals surface area contributed by atoms with Crippen molar-refractivity contribution in [1.82, 2.24) is 9.29 Å². The van der Waals surface area contributed by atoms with E-state index in [4.69, 9.17) is 9.52 Å². The van der Waals surface area contributed by atoms with E-state index in [2.05, 4.69) is 4.98 Å². The summed E-state index contributed by atoms with van der Waals surface area (Å²) in [5.74, 6) is -2.34. The number of rotatable bonds is 3. The number of hydrogen-bond donors (Lipinski definition) is 2. The number of carboxylic acids is 1. The number of carbonyl (C=O) groups is 1. The van der Waals surface area contributed by atoms with Gasteiger partial charge in [0.15, 0.2) is 5.58 Å². The molecule has 2 N–H and O–H groups in total. The Kier molecular flexibility index (Phi) is 2.69. The Morgan fingerprint density at radius 3 is 2.75 bits per heavy atom. The molecule has 1 aromatic heterocycles. The topological polar surface area (TPSA) is 121 Å². The summed E-state index contributed by atoms with van der Waals surface area (Å²) < 4.78 is 30.4. The van der Waals surface area contributed by atoms with Gasteiger partial charge in [-0.2, -0.15) is 4.31 Å². The molecule has 0 radical (unpaired) electrons. The Hall–Kier alpha value is -2.13. The molecule has 1 saturated heterocycles. The van der Waals surface area contributed by atoms with Gasteiger partial charge in [-0.1, -0.05) is 0 Å². The zero-order valence-corrected chi connectivity index (χ0v) is 10.9. The minimum atomic E-state index is -3.74. The number of oxazole rings is 1. The van der Waals surface area contributed by atoms with E-state index in [9.17, 15) is 18.0 Å². The summed E-state index contributed by atoms with van der Waals surface area (Å²) in [5, 5.41) is 8.76. The molecule has 2 aromatic rings. The van der Waals surface area contributed by atoms with Gasteiger partial charge in [-0.05, 0) is 18.2 Å². The Morgan fingerprint density at radius 1 is 1.40 bits per heavy atom. The first kappa shape index (κ1) is 12.9. The maximum atomic E-state index is 12.2. The first-order valence-electron chi connectivity index (χ1n) is 5.74. The monoisotopic (exact) mass is 298 g/mol. The number of aromatic amines is 1. The lowest BCUT2D eigenvalue weighted by molar-refractivity contribution is -0.145. The van der Waals surface area contributed by atoms with Crippen molar-refractivity contribution in [3.8, 4) is 0 Å². The van der Waals surface area contributed by atoms with Crippen LogP contribution < -0.4 is 5.76 Å². The van der Waals surface area contributed by atoms with Crippen molar-refractivity contribution in [1.29, 1.82) is 0 Å². The van der Waals surface area contributed by atoms with Crippen molar-refractivity contribution in [2.45, 2.75) is 4.90 Å². The van der Waals surface area contributed by atoms with Crippen LogP contribution in [0.2, 0.25) is 0 Å². The van der Waals surface area contributed by atoms with Crippen LogP contribution in [0.15, 0.2) is 32.3 Å². The molecule has 9 heteroatoms. The van der Waals surface area contributed by atoms with Crippen LogP contribution in [0, 0.1) is 5.92 Å². The van der Waals surface area contributed by atoms with Crippen LogP contribution in [0.5, 0.6) is 0 Å². The molecule has 2 heterocycles. The maximum absolute atomic E-state index is 12.2. The van der Waals surface area contributed by atoms with Crippen LogP contribution in [0.4, 0.5) is 0 Å². The summed E-state index contributed by atoms with van der Waals surface area (Å²) in [5.41, 5.74) is 0.548. The second-order valence-electron chi connectivity index (χ2n) is 4.53. The van der Waals surface area contributed by atoms with Gasteiger partial charge in [0, 0.05) is 13.1 Å². The first-order valence-corrected chi connectivity index (χ1v) is 7.18. The molecular weight excluding hydrogens is 288 g/mol. The summed E-state index contributed by atoms with van der Waals surface area (Å²) in [4.78, 5) is 24.1. The lowest BCUT2D eigenvalue weighted by atomic mass is 10.0. The molecule has 1 aliphatic heterocycles. The predicted molar refractivity (Wildman–Crippen MR) is 66.7 cm³/mol. The van der Waals surface area contributed by atoms with Gasteiger partial charge in [0.05, 0.1) is 16.3 Å². The molecule has 1 aliphatic rings.